The number of carbonyl (C=O) groups is 2. The van der Waals surface area contributed by atoms with Crippen LogP contribution in [-0.4, -0.2) is 53.0 Å². The second kappa shape index (κ2) is 5.85. The fourth-order valence-corrected chi connectivity index (χ4v) is 3.18. The molecule has 1 N–H and O–H groups in total. The zero-order valence-corrected chi connectivity index (χ0v) is 12.0. The molecular formula is C16H20N2O3. The van der Waals surface area contributed by atoms with Crippen LogP contribution < -0.4 is 0 Å². The van der Waals surface area contributed by atoms with Crippen molar-refractivity contribution >= 4 is 11.9 Å². The highest BCUT2D eigenvalue weighted by Gasteiger charge is 2.31. The van der Waals surface area contributed by atoms with Crippen LogP contribution in [0, 0.1) is 5.92 Å². The van der Waals surface area contributed by atoms with E-state index in [1.807, 2.05) is 21.9 Å². The zero-order valence-electron chi connectivity index (χ0n) is 12.0. The molecule has 0 atom stereocenters. The van der Waals surface area contributed by atoms with Crippen LogP contribution >= 0.6 is 0 Å². The normalized spacial score (nSPS) is 19.0. The Labute approximate surface area is 124 Å². The van der Waals surface area contributed by atoms with Gasteiger partial charge in [-0.15, -0.1) is 0 Å². The molecule has 0 aromatic heterocycles. The fourth-order valence-electron chi connectivity index (χ4n) is 3.18. The number of carboxylic acid groups (broad SMARTS) is 1. The zero-order chi connectivity index (χ0) is 14.8. The average molecular weight is 288 g/mol. The molecule has 2 heterocycles. The lowest BCUT2D eigenvalue weighted by atomic mass is 9.96. The maximum atomic E-state index is 12.3. The summed E-state index contributed by atoms with van der Waals surface area (Å²) in [6, 6.07) is 8.27. The Kier molecular flexibility index (Phi) is 3.92. The molecule has 0 bridgehead atoms. The van der Waals surface area contributed by atoms with E-state index >= 15 is 0 Å². The largest absolute Gasteiger partial charge is 0.481 e. The lowest BCUT2D eigenvalue weighted by Gasteiger charge is -2.39. The molecule has 5 nitrogen and oxygen atoms in total. The minimum Gasteiger partial charge on any atom is -0.481 e. The van der Waals surface area contributed by atoms with E-state index in [4.69, 9.17) is 5.11 Å². The molecule has 1 aromatic rings. The van der Waals surface area contributed by atoms with Crippen LogP contribution in [0.1, 0.15) is 17.5 Å². The first-order chi connectivity index (χ1) is 10.1. The van der Waals surface area contributed by atoms with E-state index in [0.29, 0.717) is 13.1 Å². The van der Waals surface area contributed by atoms with Gasteiger partial charge in [0.2, 0.25) is 5.91 Å². The molecule has 0 radical (unpaired) electrons. The molecule has 3 rings (SSSR count). The van der Waals surface area contributed by atoms with Crippen molar-refractivity contribution in [2.45, 2.75) is 19.4 Å². The minimum absolute atomic E-state index is 0.151. The average Bonchev–Trinajstić information content (AvgIpc) is 2.44. The Morgan fingerprint density at radius 2 is 1.90 bits per heavy atom. The Hall–Kier alpha value is -1.88. The number of nitrogens with zero attached hydrogens (tertiary/aromatic N) is 2. The van der Waals surface area contributed by atoms with E-state index in [-0.39, 0.29) is 18.2 Å². The topological polar surface area (TPSA) is 60.9 Å². The summed E-state index contributed by atoms with van der Waals surface area (Å²) in [5.74, 6) is -0.394. The Morgan fingerprint density at radius 3 is 2.62 bits per heavy atom. The lowest BCUT2D eigenvalue weighted by Crippen LogP contribution is -2.52. The summed E-state index contributed by atoms with van der Waals surface area (Å²) in [5.41, 5.74) is 2.58. The molecule has 1 amide bonds. The summed E-state index contributed by atoms with van der Waals surface area (Å²) in [6.45, 7) is 3.34. The molecule has 1 saturated heterocycles. The molecule has 0 saturated carbocycles. The Morgan fingerprint density at radius 1 is 1.19 bits per heavy atom. The number of benzene rings is 1. The number of carbonyl (C=O) groups excluding carboxylic acids is 1. The van der Waals surface area contributed by atoms with Crippen molar-refractivity contribution in [3.63, 3.8) is 0 Å². The van der Waals surface area contributed by atoms with Crippen molar-refractivity contribution in [3.8, 4) is 0 Å². The smallest absolute Gasteiger partial charge is 0.303 e. The van der Waals surface area contributed by atoms with Gasteiger partial charge < -0.3 is 10.0 Å². The number of fused-ring (bicyclic) bond motifs is 1. The number of aliphatic carboxylic acids is 1. The summed E-state index contributed by atoms with van der Waals surface area (Å²) in [4.78, 5) is 26.9. The van der Waals surface area contributed by atoms with Gasteiger partial charge in [-0.3, -0.25) is 14.5 Å². The van der Waals surface area contributed by atoms with Crippen LogP contribution in [0.5, 0.6) is 0 Å². The Balaban J connectivity index is 1.48. The second-order valence-corrected chi connectivity index (χ2v) is 5.99. The predicted molar refractivity (Wildman–Crippen MR) is 77.7 cm³/mol. The van der Waals surface area contributed by atoms with E-state index in [0.717, 1.165) is 26.1 Å². The van der Waals surface area contributed by atoms with Crippen LogP contribution in [0.3, 0.4) is 0 Å². The van der Waals surface area contributed by atoms with Crippen molar-refractivity contribution in [3.05, 3.63) is 35.4 Å². The van der Waals surface area contributed by atoms with Crippen LogP contribution in [-0.2, 0) is 22.6 Å². The molecule has 1 fully saturated rings. The van der Waals surface area contributed by atoms with Gasteiger partial charge in [-0.25, -0.2) is 0 Å². The SMILES string of the molecule is O=C(O)CC1CN(CC(=O)N2CCc3ccccc3C2)C1. The first kappa shape index (κ1) is 14.1. The van der Waals surface area contributed by atoms with Gasteiger partial charge in [-0.05, 0) is 23.5 Å². The molecular weight excluding hydrogens is 268 g/mol. The highest BCUT2D eigenvalue weighted by atomic mass is 16.4. The van der Waals surface area contributed by atoms with E-state index in [2.05, 4.69) is 12.1 Å². The van der Waals surface area contributed by atoms with Crippen LogP contribution in [0.15, 0.2) is 24.3 Å². The van der Waals surface area contributed by atoms with E-state index in [1.165, 1.54) is 11.1 Å². The standard InChI is InChI=1S/C16H20N2O3/c19-15(11-17-8-12(9-17)7-16(20)21)18-6-5-13-3-1-2-4-14(13)10-18/h1-4,12H,5-11H2,(H,20,21). The van der Waals surface area contributed by atoms with Gasteiger partial charge >= 0.3 is 5.97 Å². The summed E-state index contributed by atoms with van der Waals surface area (Å²) in [7, 11) is 0. The van der Waals surface area contributed by atoms with Gasteiger partial charge in [0.05, 0.1) is 13.0 Å². The number of hydrogen-bond donors (Lipinski definition) is 1. The van der Waals surface area contributed by atoms with Crippen molar-refractivity contribution < 1.29 is 14.7 Å². The van der Waals surface area contributed by atoms with Crippen LogP contribution in [0.2, 0.25) is 0 Å². The van der Waals surface area contributed by atoms with E-state index < -0.39 is 5.97 Å². The second-order valence-electron chi connectivity index (χ2n) is 5.99. The highest BCUT2D eigenvalue weighted by molar-refractivity contribution is 5.78. The fraction of sp³-hybridized carbons (Fsp3) is 0.500. The number of likely N-dealkylation sites (tertiary alicyclic amines) is 1. The summed E-state index contributed by atoms with van der Waals surface area (Å²) < 4.78 is 0. The summed E-state index contributed by atoms with van der Waals surface area (Å²) >= 11 is 0. The monoisotopic (exact) mass is 288 g/mol. The minimum atomic E-state index is -0.751. The van der Waals surface area contributed by atoms with Crippen LogP contribution in [0.25, 0.3) is 0 Å². The van der Waals surface area contributed by atoms with Gasteiger partial charge in [-0.1, -0.05) is 24.3 Å². The summed E-state index contributed by atoms with van der Waals surface area (Å²) in [5, 5.41) is 8.72. The molecule has 0 unspecified atom stereocenters. The first-order valence-corrected chi connectivity index (χ1v) is 7.40. The third-order valence-corrected chi connectivity index (χ3v) is 4.34. The van der Waals surface area contributed by atoms with Crippen molar-refractivity contribution in [1.29, 1.82) is 0 Å². The molecule has 2 aliphatic rings. The van der Waals surface area contributed by atoms with E-state index in [1.54, 1.807) is 0 Å². The van der Waals surface area contributed by atoms with Crippen molar-refractivity contribution in [2.75, 3.05) is 26.2 Å². The van der Waals surface area contributed by atoms with Gasteiger partial charge in [0.25, 0.3) is 0 Å². The van der Waals surface area contributed by atoms with Crippen molar-refractivity contribution in [2.24, 2.45) is 5.92 Å². The lowest BCUT2D eigenvalue weighted by molar-refractivity contribution is -0.140. The van der Waals surface area contributed by atoms with Gasteiger partial charge in [-0.2, -0.15) is 0 Å². The van der Waals surface area contributed by atoms with Gasteiger partial charge in [0, 0.05) is 26.2 Å². The maximum Gasteiger partial charge on any atom is 0.303 e. The quantitative estimate of drug-likeness (QED) is 0.897. The third kappa shape index (κ3) is 3.24. The number of hydrogen-bond acceptors (Lipinski definition) is 3. The summed E-state index contributed by atoms with van der Waals surface area (Å²) in [6.07, 6.45) is 1.13. The first-order valence-electron chi connectivity index (χ1n) is 7.40. The molecule has 2 aliphatic heterocycles. The molecule has 112 valence electrons. The molecule has 1 aromatic carbocycles. The number of carboxylic acids is 1. The van der Waals surface area contributed by atoms with Gasteiger partial charge in [0.1, 0.15) is 0 Å². The molecule has 0 spiro atoms. The molecule has 0 aliphatic carbocycles. The predicted octanol–water partition coefficient (Wildman–Crippen LogP) is 0.978. The highest BCUT2D eigenvalue weighted by Crippen LogP contribution is 2.21. The number of amides is 1. The van der Waals surface area contributed by atoms with E-state index in [9.17, 15) is 9.59 Å². The number of rotatable bonds is 4. The van der Waals surface area contributed by atoms with Gasteiger partial charge in [0.15, 0.2) is 0 Å². The van der Waals surface area contributed by atoms with Crippen LogP contribution in [0.4, 0.5) is 0 Å². The molecule has 5 heteroatoms. The molecule has 21 heavy (non-hydrogen) atoms. The Bertz CT molecular complexity index is 552. The third-order valence-electron chi connectivity index (χ3n) is 4.34. The maximum absolute atomic E-state index is 12.3. The van der Waals surface area contributed by atoms with Crippen molar-refractivity contribution in [1.82, 2.24) is 9.80 Å².